The second-order valence-corrected chi connectivity index (χ2v) is 7.82. The molecule has 7 heteroatoms. The van der Waals surface area contributed by atoms with Crippen molar-refractivity contribution in [2.24, 2.45) is 5.92 Å². The molecule has 0 aliphatic carbocycles. The van der Waals surface area contributed by atoms with Crippen molar-refractivity contribution in [1.82, 2.24) is 19.7 Å². The number of likely N-dealkylation sites (tertiary alicyclic amines) is 1. The predicted molar refractivity (Wildman–Crippen MR) is 92.8 cm³/mol. The number of rotatable bonds is 5. The van der Waals surface area contributed by atoms with Gasteiger partial charge in [-0.1, -0.05) is 13.8 Å². The van der Waals surface area contributed by atoms with Crippen LogP contribution in [-0.2, 0) is 16.1 Å². The maximum atomic E-state index is 12.4. The van der Waals surface area contributed by atoms with Gasteiger partial charge >= 0.3 is 0 Å². The van der Waals surface area contributed by atoms with Crippen LogP contribution in [0.15, 0.2) is 12.7 Å². The molecule has 1 amide bonds. The van der Waals surface area contributed by atoms with Crippen molar-refractivity contribution in [2.45, 2.75) is 76.7 Å². The summed E-state index contributed by atoms with van der Waals surface area (Å²) in [5.41, 5.74) is -0.246. The molecule has 140 valence electrons. The van der Waals surface area contributed by atoms with Crippen LogP contribution < -0.4 is 0 Å². The Labute approximate surface area is 149 Å². The van der Waals surface area contributed by atoms with Crippen molar-refractivity contribution in [3.63, 3.8) is 0 Å². The van der Waals surface area contributed by atoms with E-state index in [1.807, 2.05) is 4.90 Å². The van der Waals surface area contributed by atoms with Gasteiger partial charge in [0.2, 0.25) is 5.91 Å². The third kappa shape index (κ3) is 4.58. The third-order valence-electron chi connectivity index (χ3n) is 5.53. The lowest BCUT2D eigenvalue weighted by Crippen LogP contribution is -2.54. The van der Waals surface area contributed by atoms with E-state index in [9.17, 15) is 9.90 Å². The Morgan fingerprint density at radius 2 is 2.16 bits per heavy atom. The van der Waals surface area contributed by atoms with Crippen molar-refractivity contribution >= 4 is 5.91 Å². The molecule has 0 aromatic carbocycles. The minimum Gasteiger partial charge on any atom is -0.393 e. The van der Waals surface area contributed by atoms with E-state index in [0.29, 0.717) is 18.8 Å². The first kappa shape index (κ1) is 18.3. The second-order valence-electron chi connectivity index (χ2n) is 7.82. The van der Waals surface area contributed by atoms with Crippen LogP contribution in [0.4, 0.5) is 0 Å². The first-order valence-corrected chi connectivity index (χ1v) is 9.43. The molecule has 1 spiro atoms. The van der Waals surface area contributed by atoms with E-state index >= 15 is 0 Å². The van der Waals surface area contributed by atoms with E-state index in [1.165, 1.54) is 6.33 Å². The lowest BCUT2D eigenvalue weighted by atomic mass is 9.80. The summed E-state index contributed by atoms with van der Waals surface area (Å²) in [6, 6.07) is 0. The van der Waals surface area contributed by atoms with Crippen molar-refractivity contribution in [3.8, 4) is 0 Å². The van der Waals surface area contributed by atoms with Gasteiger partial charge in [0.25, 0.3) is 0 Å². The molecule has 1 aromatic rings. The number of carbonyl (C=O) groups excluding carboxylic acids is 1. The fraction of sp³-hybridized carbons (Fsp3) is 0.833. The monoisotopic (exact) mass is 350 g/mol. The number of nitrogens with zero attached hydrogens (tertiary/aromatic N) is 4. The molecule has 3 rings (SSSR count). The van der Waals surface area contributed by atoms with Crippen LogP contribution in [0, 0.1) is 5.92 Å². The van der Waals surface area contributed by atoms with Crippen molar-refractivity contribution < 1.29 is 14.6 Å². The standard InChI is InChI=1S/C18H30N4O3/c1-14(2)16-10-15(23)11-18(25-16)5-8-21(9-6-18)17(24)4-3-7-22-13-19-12-20-22/h12-16,23H,3-11H2,1-2H3/t15-,16-/m1/s1. The van der Waals surface area contributed by atoms with Crippen molar-refractivity contribution in [1.29, 1.82) is 0 Å². The van der Waals surface area contributed by atoms with E-state index in [2.05, 4.69) is 23.9 Å². The van der Waals surface area contributed by atoms with Gasteiger partial charge in [0.1, 0.15) is 12.7 Å². The van der Waals surface area contributed by atoms with E-state index in [0.717, 1.165) is 45.3 Å². The smallest absolute Gasteiger partial charge is 0.222 e. The fourth-order valence-electron chi connectivity index (χ4n) is 3.99. The van der Waals surface area contributed by atoms with E-state index in [1.54, 1.807) is 11.0 Å². The zero-order valence-corrected chi connectivity index (χ0v) is 15.3. The minimum absolute atomic E-state index is 0.119. The molecule has 7 nitrogen and oxygen atoms in total. The molecule has 2 aliphatic heterocycles. The molecule has 2 aliphatic rings. The average molecular weight is 350 g/mol. The number of aryl methyl sites for hydroxylation is 1. The topological polar surface area (TPSA) is 80.5 Å². The Hall–Kier alpha value is -1.47. The third-order valence-corrected chi connectivity index (χ3v) is 5.53. The molecule has 1 N–H and O–H groups in total. The van der Waals surface area contributed by atoms with Gasteiger partial charge < -0.3 is 14.7 Å². The molecule has 3 heterocycles. The summed E-state index contributed by atoms with van der Waals surface area (Å²) in [6.45, 7) is 6.45. The van der Waals surface area contributed by atoms with E-state index in [-0.39, 0.29) is 23.7 Å². The molecular formula is C18H30N4O3. The van der Waals surface area contributed by atoms with E-state index in [4.69, 9.17) is 4.74 Å². The summed E-state index contributed by atoms with van der Waals surface area (Å²) in [5.74, 6) is 0.606. The number of aromatic nitrogens is 3. The Morgan fingerprint density at radius 1 is 1.40 bits per heavy atom. The normalized spacial score (nSPS) is 26.3. The second kappa shape index (κ2) is 7.83. The molecular weight excluding hydrogens is 320 g/mol. The molecule has 0 saturated carbocycles. The lowest BCUT2D eigenvalue weighted by Gasteiger charge is -2.48. The number of aliphatic hydroxyl groups excluding tert-OH is 1. The van der Waals surface area contributed by atoms with Gasteiger partial charge in [-0.2, -0.15) is 5.10 Å². The number of piperidine rings is 1. The predicted octanol–water partition coefficient (Wildman–Crippen LogP) is 1.62. The molecule has 2 fully saturated rings. The van der Waals surface area contributed by atoms with Gasteiger partial charge in [-0.3, -0.25) is 9.48 Å². The SMILES string of the molecule is CC(C)[C@H]1C[C@@H](O)CC2(CCN(C(=O)CCCn3cncn3)CC2)O1. The number of hydrogen-bond donors (Lipinski definition) is 1. The van der Waals surface area contributed by atoms with Gasteiger partial charge in [0.05, 0.1) is 17.8 Å². The van der Waals surface area contributed by atoms with Gasteiger partial charge in [-0.15, -0.1) is 0 Å². The molecule has 25 heavy (non-hydrogen) atoms. The number of ether oxygens (including phenoxy) is 1. The highest BCUT2D eigenvalue weighted by atomic mass is 16.5. The zero-order chi connectivity index (χ0) is 17.9. The van der Waals surface area contributed by atoms with Crippen LogP contribution >= 0.6 is 0 Å². The van der Waals surface area contributed by atoms with Gasteiger partial charge in [0.15, 0.2) is 0 Å². The molecule has 0 unspecified atom stereocenters. The van der Waals surface area contributed by atoms with Crippen LogP contribution in [0.25, 0.3) is 0 Å². The van der Waals surface area contributed by atoms with Crippen LogP contribution in [-0.4, -0.2) is 61.6 Å². The van der Waals surface area contributed by atoms with Crippen LogP contribution in [0.5, 0.6) is 0 Å². The summed E-state index contributed by atoms with van der Waals surface area (Å²) in [5, 5.41) is 14.3. The molecule has 0 bridgehead atoms. The number of hydrogen-bond acceptors (Lipinski definition) is 5. The maximum absolute atomic E-state index is 12.4. The molecule has 2 saturated heterocycles. The Morgan fingerprint density at radius 3 is 2.80 bits per heavy atom. The average Bonchev–Trinajstić information content (AvgIpc) is 3.08. The quantitative estimate of drug-likeness (QED) is 0.873. The highest BCUT2D eigenvalue weighted by Gasteiger charge is 2.44. The maximum Gasteiger partial charge on any atom is 0.222 e. The Kier molecular flexibility index (Phi) is 5.74. The summed E-state index contributed by atoms with van der Waals surface area (Å²) in [7, 11) is 0. The zero-order valence-electron chi connectivity index (χ0n) is 15.3. The molecule has 2 atom stereocenters. The summed E-state index contributed by atoms with van der Waals surface area (Å²) < 4.78 is 8.14. The first-order chi connectivity index (χ1) is 12.0. The minimum atomic E-state index is -0.286. The first-order valence-electron chi connectivity index (χ1n) is 9.43. The summed E-state index contributed by atoms with van der Waals surface area (Å²) in [4.78, 5) is 18.3. The van der Waals surface area contributed by atoms with Crippen LogP contribution in [0.3, 0.4) is 0 Å². The van der Waals surface area contributed by atoms with Gasteiger partial charge in [-0.25, -0.2) is 4.98 Å². The number of carbonyl (C=O) groups is 1. The van der Waals surface area contributed by atoms with Gasteiger partial charge in [-0.05, 0) is 31.6 Å². The Balaban J connectivity index is 1.46. The largest absolute Gasteiger partial charge is 0.393 e. The van der Waals surface area contributed by atoms with Gasteiger partial charge in [0, 0.05) is 32.5 Å². The van der Waals surface area contributed by atoms with Crippen LogP contribution in [0.1, 0.15) is 52.4 Å². The summed E-state index contributed by atoms with van der Waals surface area (Å²) in [6.07, 6.45) is 7.39. The highest BCUT2D eigenvalue weighted by molar-refractivity contribution is 5.76. The van der Waals surface area contributed by atoms with Crippen LogP contribution in [0.2, 0.25) is 0 Å². The number of aliphatic hydroxyl groups is 1. The number of amides is 1. The molecule has 0 radical (unpaired) electrons. The van der Waals surface area contributed by atoms with Crippen molar-refractivity contribution in [3.05, 3.63) is 12.7 Å². The highest BCUT2D eigenvalue weighted by Crippen LogP contribution is 2.39. The van der Waals surface area contributed by atoms with E-state index < -0.39 is 0 Å². The fourth-order valence-corrected chi connectivity index (χ4v) is 3.99. The lowest BCUT2D eigenvalue weighted by molar-refractivity contribution is -0.193. The Bertz CT molecular complexity index is 553. The molecule has 1 aromatic heterocycles. The van der Waals surface area contributed by atoms with Crippen molar-refractivity contribution in [2.75, 3.05) is 13.1 Å². The summed E-state index contributed by atoms with van der Waals surface area (Å²) >= 11 is 0.